The Hall–Kier alpha value is -2.81. The van der Waals surface area contributed by atoms with Crippen molar-refractivity contribution in [2.45, 2.75) is 39.5 Å². The first kappa shape index (κ1) is 20.5. The molecule has 0 bridgehead atoms. The summed E-state index contributed by atoms with van der Waals surface area (Å²) >= 11 is 0. The topological polar surface area (TPSA) is 96.4 Å². The number of hydrogen-bond acceptors (Lipinski definition) is 8. The first-order valence-electron chi connectivity index (χ1n) is 10.7. The Labute approximate surface area is 176 Å². The minimum atomic E-state index is -0.145. The standard InChI is InChI=1S/C21H29N7O2/c1-15-17(7-8-18(22-15)23-16(2)29)19-24-20(27-9-5-3-4-6-10-27)26-21(25-19)28-11-13-30-14-12-28/h7-8H,3-6,9-14H2,1-2H3,(H,22,23,29). The first-order chi connectivity index (χ1) is 14.6. The summed E-state index contributed by atoms with van der Waals surface area (Å²) in [5, 5.41) is 2.72. The monoisotopic (exact) mass is 411 g/mol. The number of anilines is 3. The third-order valence-electron chi connectivity index (χ3n) is 5.43. The summed E-state index contributed by atoms with van der Waals surface area (Å²) in [4.78, 5) is 34.7. The number of amides is 1. The number of aryl methyl sites for hydroxylation is 1. The second-order valence-corrected chi connectivity index (χ2v) is 7.77. The van der Waals surface area contributed by atoms with Crippen molar-refractivity contribution in [2.75, 3.05) is 54.5 Å². The highest BCUT2D eigenvalue weighted by molar-refractivity contribution is 5.87. The molecule has 2 aromatic rings. The molecule has 9 heteroatoms. The van der Waals surface area contributed by atoms with Crippen molar-refractivity contribution in [3.63, 3.8) is 0 Å². The van der Waals surface area contributed by atoms with Crippen molar-refractivity contribution in [1.82, 2.24) is 19.9 Å². The number of ether oxygens (including phenoxy) is 1. The fourth-order valence-corrected chi connectivity index (χ4v) is 3.84. The highest BCUT2D eigenvalue weighted by atomic mass is 16.5. The molecule has 30 heavy (non-hydrogen) atoms. The molecule has 1 N–H and O–H groups in total. The Morgan fingerprint density at radius 1 is 0.900 bits per heavy atom. The van der Waals surface area contributed by atoms with E-state index in [1.54, 1.807) is 6.07 Å². The van der Waals surface area contributed by atoms with Crippen molar-refractivity contribution in [3.8, 4) is 11.4 Å². The molecule has 0 saturated carbocycles. The van der Waals surface area contributed by atoms with Crippen LogP contribution in [0, 0.1) is 6.92 Å². The fraction of sp³-hybridized carbons (Fsp3) is 0.571. The summed E-state index contributed by atoms with van der Waals surface area (Å²) in [6, 6.07) is 3.70. The van der Waals surface area contributed by atoms with Crippen LogP contribution in [0.4, 0.5) is 17.7 Å². The van der Waals surface area contributed by atoms with Gasteiger partial charge in [-0.3, -0.25) is 4.79 Å². The number of nitrogens with zero attached hydrogens (tertiary/aromatic N) is 6. The average Bonchev–Trinajstić information content (AvgIpc) is 3.03. The van der Waals surface area contributed by atoms with Crippen LogP contribution in [0.5, 0.6) is 0 Å². The molecular formula is C21H29N7O2. The van der Waals surface area contributed by atoms with E-state index in [-0.39, 0.29) is 5.91 Å². The molecule has 2 aliphatic heterocycles. The van der Waals surface area contributed by atoms with E-state index >= 15 is 0 Å². The number of nitrogens with one attached hydrogen (secondary N) is 1. The summed E-state index contributed by atoms with van der Waals surface area (Å²) in [5.41, 5.74) is 1.61. The lowest BCUT2D eigenvalue weighted by Crippen LogP contribution is -2.38. The van der Waals surface area contributed by atoms with Gasteiger partial charge in [0, 0.05) is 38.7 Å². The summed E-state index contributed by atoms with van der Waals surface area (Å²) in [6.45, 7) is 8.18. The SMILES string of the molecule is CC(=O)Nc1ccc(-c2nc(N3CCCCCC3)nc(N3CCOCC3)n2)c(C)n1. The van der Waals surface area contributed by atoms with Gasteiger partial charge < -0.3 is 19.9 Å². The number of carbonyl (C=O) groups excluding carboxylic acids is 1. The maximum Gasteiger partial charge on any atom is 0.230 e. The van der Waals surface area contributed by atoms with E-state index in [2.05, 4.69) is 20.1 Å². The van der Waals surface area contributed by atoms with Crippen LogP contribution in [0.3, 0.4) is 0 Å². The number of hydrogen-bond donors (Lipinski definition) is 1. The summed E-state index contributed by atoms with van der Waals surface area (Å²) in [7, 11) is 0. The third kappa shape index (κ3) is 4.84. The minimum Gasteiger partial charge on any atom is -0.378 e. The van der Waals surface area contributed by atoms with Crippen molar-refractivity contribution < 1.29 is 9.53 Å². The van der Waals surface area contributed by atoms with Gasteiger partial charge in [-0.15, -0.1) is 0 Å². The molecule has 160 valence electrons. The molecule has 9 nitrogen and oxygen atoms in total. The first-order valence-corrected chi connectivity index (χ1v) is 10.7. The molecule has 1 amide bonds. The van der Waals surface area contributed by atoms with E-state index in [1.807, 2.05) is 13.0 Å². The number of pyridine rings is 1. The molecule has 0 radical (unpaired) electrons. The van der Waals surface area contributed by atoms with Gasteiger partial charge in [0.25, 0.3) is 0 Å². The van der Waals surface area contributed by atoms with Crippen LogP contribution in [0.15, 0.2) is 12.1 Å². The van der Waals surface area contributed by atoms with E-state index < -0.39 is 0 Å². The number of aromatic nitrogens is 4. The van der Waals surface area contributed by atoms with E-state index in [0.29, 0.717) is 30.8 Å². The minimum absolute atomic E-state index is 0.145. The molecule has 2 aliphatic rings. The molecule has 2 fully saturated rings. The Morgan fingerprint density at radius 3 is 2.13 bits per heavy atom. The zero-order valence-corrected chi connectivity index (χ0v) is 17.7. The van der Waals surface area contributed by atoms with Crippen molar-refractivity contribution in [3.05, 3.63) is 17.8 Å². The second kappa shape index (κ2) is 9.34. The molecule has 4 heterocycles. The maximum atomic E-state index is 11.3. The van der Waals surface area contributed by atoms with Gasteiger partial charge in [-0.25, -0.2) is 4.98 Å². The van der Waals surface area contributed by atoms with Gasteiger partial charge in [0.1, 0.15) is 5.82 Å². The van der Waals surface area contributed by atoms with Crippen LogP contribution in [0.2, 0.25) is 0 Å². The number of morpholine rings is 1. The Morgan fingerprint density at radius 2 is 1.53 bits per heavy atom. The van der Waals surface area contributed by atoms with Gasteiger partial charge in [-0.1, -0.05) is 12.8 Å². The second-order valence-electron chi connectivity index (χ2n) is 7.77. The van der Waals surface area contributed by atoms with Crippen molar-refractivity contribution in [1.29, 1.82) is 0 Å². The van der Waals surface area contributed by atoms with Crippen molar-refractivity contribution in [2.24, 2.45) is 0 Å². The van der Waals surface area contributed by atoms with Crippen LogP contribution in [0.1, 0.15) is 38.3 Å². The molecule has 2 saturated heterocycles. The summed E-state index contributed by atoms with van der Waals surface area (Å²) < 4.78 is 5.50. The van der Waals surface area contributed by atoms with Gasteiger partial charge in [0.15, 0.2) is 5.82 Å². The highest BCUT2D eigenvalue weighted by Gasteiger charge is 2.21. The van der Waals surface area contributed by atoms with Gasteiger partial charge in [-0.2, -0.15) is 15.0 Å². The lowest BCUT2D eigenvalue weighted by Gasteiger charge is -2.28. The zero-order chi connectivity index (χ0) is 20.9. The maximum absolute atomic E-state index is 11.3. The summed E-state index contributed by atoms with van der Waals surface area (Å²) in [5.74, 6) is 2.42. The molecule has 0 aliphatic carbocycles. The van der Waals surface area contributed by atoms with Gasteiger partial charge in [-0.05, 0) is 31.9 Å². The third-order valence-corrected chi connectivity index (χ3v) is 5.43. The fourth-order valence-electron chi connectivity index (χ4n) is 3.84. The largest absolute Gasteiger partial charge is 0.378 e. The quantitative estimate of drug-likeness (QED) is 0.819. The van der Waals surface area contributed by atoms with E-state index in [4.69, 9.17) is 19.7 Å². The molecule has 4 rings (SSSR count). The van der Waals surface area contributed by atoms with Crippen LogP contribution in [0.25, 0.3) is 11.4 Å². The van der Waals surface area contributed by atoms with Crippen LogP contribution < -0.4 is 15.1 Å². The normalized spacial score (nSPS) is 17.5. The summed E-state index contributed by atoms with van der Waals surface area (Å²) in [6.07, 6.45) is 4.80. The Bertz CT molecular complexity index is 891. The van der Waals surface area contributed by atoms with Crippen molar-refractivity contribution >= 4 is 23.6 Å². The van der Waals surface area contributed by atoms with Crippen LogP contribution in [-0.2, 0) is 9.53 Å². The number of rotatable bonds is 4. The van der Waals surface area contributed by atoms with E-state index in [0.717, 1.165) is 56.2 Å². The van der Waals surface area contributed by atoms with E-state index in [1.165, 1.54) is 19.8 Å². The van der Waals surface area contributed by atoms with Crippen LogP contribution in [-0.4, -0.2) is 65.2 Å². The molecule has 0 spiro atoms. The average molecular weight is 412 g/mol. The molecule has 0 aromatic carbocycles. The smallest absolute Gasteiger partial charge is 0.230 e. The van der Waals surface area contributed by atoms with E-state index in [9.17, 15) is 4.79 Å². The highest BCUT2D eigenvalue weighted by Crippen LogP contribution is 2.26. The molecule has 0 atom stereocenters. The van der Waals surface area contributed by atoms with Crippen LogP contribution >= 0.6 is 0 Å². The molecule has 2 aromatic heterocycles. The Kier molecular flexibility index (Phi) is 6.37. The molecule has 0 unspecified atom stereocenters. The van der Waals surface area contributed by atoms with Gasteiger partial charge >= 0.3 is 0 Å². The van der Waals surface area contributed by atoms with Gasteiger partial charge in [0.05, 0.1) is 18.9 Å². The number of carbonyl (C=O) groups is 1. The zero-order valence-electron chi connectivity index (χ0n) is 17.7. The Balaban J connectivity index is 1.72. The van der Waals surface area contributed by atoms with Gasteiger partial charge in [0.2, 0.25) is 17.8 Å². The lowest BCUT2D eigenvalue weighted by molar-refractivity contribution is -0.114. The predicted molar refractivity (Wildman–Crippen MR) is 116 cm³/mol. The lowest BCUT2D eigenvalue weighted by atomic mass is 10.2. The molecular weight excluding hydrogens is 382 g/mol. The predicted octanol–water partition coefficient (Wildman–Crippen LogP) is 2.42.